The molecule has 8 rings (SSSR count). The Morgan fingerprint density at radius 1 is 0.441 bits per heavy atom. The summed E-state index contributed by atoms with van der Waals surface area (Å²) in [5, 5.41) is 14.7. The van der Waals surface area contributed by atoms with Crippen LogP contribution in [0, 0.1) is 0 Å². The molecule has 6 aromatic rings. The van der Waals surface area contributed by atoms with Crippen LogP contribution in [0.3, 0.4) is 0 Å². The van der Waals surface area contributed by atoms with E-state index < -0.39 is 67.3 Å². The van der Waals surface area contributed by atoms with Crippen LogP contribution < -0.4 is 5.32 Å². The van der Waals surface area contributed by atoms with E-state index in [1.165, 1.54) is 6.92 Å². The van der Waals surface area contributed by atoms with Crippen molar-refractivity contribution < 1.29 is 52.5 Å². The first-order chi connectivity index (χ1) is 33.5. The van der Waals surface area contributed by atoms with Gasteiger partial charge in [-0.2, -0.15) is 0 Å². The van der Waals surface area contributed by atoms with Gasteiger partial charge in [-0.25, -0.2) is 0 Å². The summed E-state index contributed by atoms with van der Waals surface area (Å²) in [6, 6.07) is 58.0. The second-order valence-corrected chi connectivity index (χ2v) is 17.0. The van der Waals surface area contributed by atoms with Crippen LogP contribution in [-0.2, 0) is 87.1 Å². The first kappa shape index (κ1) is 48.8. The highest BCUT2D eigenvalue weighted by atomic mass is 16.7. The third kappa shape index (κ3) is 14.2. The van der Waals surface area contributed by atoms with Crippen molar-refractivity contribution in [3.05, 3.63) is 215 Å². The number of benzene rings is 6. The van der Waals surface area contributed by atoms with Gasteiger partial charge in [0.1, 0.15) is 48.8 Å². The molecule has 0 saturated carbocycles. The maximum absolute atomic E-state index is 13.0. The average molecular weight is 924 g/mol. The van der Waals surface area contributed by atoms with E-state index in [1.807, 2.05) is 182 Å². The maximum Gasteiger partial charge on any atom is 0.217 e. The fraction of sp³-hybridized carbons (Fsp3) is 0.339. The standard InChI is InChI=1S/C56H61NO11/c1-40(58)57-49-52(50(62-34-43-24-12-4-13-25-43)47(66-55(49)59)38-60-32-41-20-8-2-9-21-41)68-56-54(65-37-46-30-18-7-19-31-46)53(64-36-45-28-16-6-17-29-45)51(63-35-44-26-14-5-15-27-44)48(67-56)39-61-33-42-22-10-3-11-23-42/h2-31,47-56,59H,32-39H2,1H3,(H,57,58)/t47-,48-,49-,50-,51+,52-,53+,54-,55+,56+/m1/s1. The van der Waals surface area contributed by atoms with E-state index in [0.717, 1.165) is 33.4 Å². The number of rotatable bonds is 23. The Morgan fingerprint density at radius 2 is 0.765 bits per heavy atom. The van der Waals surface area contributed by atoms with Gasteiger partial charge in [0.25, 0.3) is 0 Å². The van der Waals surface area contributed by atoms with Gasteiger partial charge >= 0.3 is 0 Å². The van der Waals surface area contributed by atoms with Gasteiger partial charge in [0, 0.05) is 6.92 Å². The molecule has 0 radical (unpaired) electrons. The van der Waals surface area contributed by atoms with Crippen LogP contribution in [-0.4, -0.2) is 85.6 Å². The maximum atomic E-state index is 13.0. The molecular formula is C56H61NO11. The van der Waals surface area contributed by atoms with Crippen molar-refractivity contribution in [1.82, 2.24) is 5.32 Å². The molecule has 68 heavy (non-hydrogen) atoms. The summed E-state index contributed by atoms with van der Waals surface area (Å²) in [5.74, 6) is -0.404. The zero-order valence-corrected chi connectivity index (χ0v) is 38.3. The summed E-state index contributed by atoms with van der Waals surface area (Å²) in [6.45, 7) is 2.94. The molecule has 0 aliphatic carbocycles. The Bertz CT molecular complexity index is 2330. The quantitative estimate of drug-likeness (QED) is 0.0647. The lowest BCUT2D eigenvalue weighted by Gasteiger charge is -2.50. The smallest absolute Gasteiger partial charge is 0.217 e. The highest BCUT2D eigenvalue weighted by molar-refractivity contribution is 5.73. The second kappa shape index (κ2) is 25.7. The monoisotopic (exact) mass is 923 g/mol. The summed E-state index contributed by atoms with van der Waals surface area (Å²) >= 11 is 0. The lowest BCUT2D eigenvalue weighted by atomic mass is 9.94. The molecule has 0 bridgehead atoms. The molecule has 2 saturated heterocycles. The summed E-state index contributed by atoms with van der Waals surface area (Å²) in [5.41, 5.74) is 5.69. The Hall–Kier alpha value is -5.61. The normalized spacial score (nSPS) is 24.9. The molecule has 0 aromatic heterocycles. The van der Waals surface area contributed by atoms with Crippen LogP contribution >= 0.6 is 0 Å². The molecule has 1 amide bonds. The first-order valence-electron chi connectivity index (χ1n) is 23.2. The molecule has 2 fully saturated rings. The Balaban J connectivity index is 1.17. The Morgan fingerprint density at radius 3 is 1.15 bits per heavy atom. The zero-order valence-electron chi connectivity index (χ0n) is 38.3. The summed E-state index contributed by atoms with van der Waals surface area (Å²) in [4.78, 5) is 13.0. The molecule has 6 aromatic carbocycles. The van der Waals surface area contributed by atoms with Gasteiger partial charge in [0.15, 0.2) is 12.6 Å². The summed E-state index contributed by atoms with van der Waals surface area (Å²) < 4.78 is 60.9. The lowest BCUT2D eigenvalue weighted by Crippen LogP contribution is -2.68. The molecule has 0 unspecified atom stereocenters. The zero-order chi connectivity index (χ0) is 46.8. The number of carbonyl (C=O) groups is 1. The van der Waals surface area contributed by atoms with Crippen molar-refractivity contribution in [2.45, 2.75) is 108 Å². The van der Waals surface area contributed by atoms with Crippen LogP contribution in [0.2, 0.25) is 0 Å². The largest absolute Gasteiger partial charge is 0.374 e. The molecule has 356 valence electrons. The van der Waals surface area contributed by atoms with E-state index in [4.69, 9.17) is 42.6 Å². The van der Waals surface area contributed by atoms with Gasteiger partial charge in [-0.1, -0.05) is 182 Å². The highest BCUT2D eigenvalue weighted by Gasteiger charge is 2.54. The predicted molar refractivity (Wildman–Crippen MR) is 254 cm³/mol. The molecular weight excluding hydrogens is 863 g/mol. The fourth-order valence-corrected chi connectivity index (χ4v) is 8.45. The van der Waals surface area contributed by atoms with Crippen LogP contribution in [0.25, 0.3) is 0 Å². The molecule has 2 aliphatic heterocycles. The minimum atomic E-state index is -1.52. The third-order valence-electron chi connectivity index (χ3n) is 11.8. The molecule has 0 spiro atoms. The van der Waals surface area contributed by atoms with Crippen molar-refractivity contribution >= 4 is 5.91 Å². The van der Waals surface area contributed by atoms with Gasteiger partial charge < -0.3 is 53.1 Å². The topological polar surface area (TPSA) is 132 Å². The second-order valence-electron chi connectivity index (χ2n) is 17.0. The van der Waals surface area contributed by atoms with Crippen molar-refractivity contribution in [1.29, 1.82) is 0 Å². The van der Waals surface area contributed by atoms with Gasteiger partial charge in [-0.05, 0) is 33.4 Å². The summed E-state index contributed by atoms with van der Waals surface area (Å²) in [6.07, 6.45) is -8.78. The molecule has 10 atom stereocenters. The molecule has 2 heterocycles. The molecule has 2 N–H and O–H groups in total. The van der Waals surface area contributed by atoms with Crippen molar-refractivity contribution in [2.75, 3.05) is 13.2 Å². The van der Waals surface area contributed by atoms with Crippen LogP contribution in [0.5, 0.6) is 0 Å². The van der Waals surface area contributed by atoms with E-state index >= 15 is 0 Å². The van der Waals surface area contributed by atoms with Gasteiger partial charge in [0.05, 0.1) is 52.9 Å². The third-order valence-corrected chi connectivity index (χ3v) is 11.8. The molecule has 12 heteroatoms. The van der Waals surface area contributed by atoms with E-state index in [9.17, 15) is 9.90 Å². The number of hydrogen-bond acceptors (Lipinski definition) is 11. The van der Waals surface area contributed by atoms with Crippen molar-refractivity contribution in [2.24, 2.45) is 0 Å². The number of nitrogens with one attached hydrogen (secondary N) is 1. The van der Waals surface area contributed by atoms with E-state index in [-0.39, 0.29) is 39.6 Å². The SMILES string of the molecule is CC(=O)N[C@@H]1[C@@H](O[C@@H]2O[C@H](COCc3ccccc3)[C@H](OCc3ccccc3)[C@H](OCc3ccccc3)[C@H]2OCc2ccccc2)[C@H](OCc2ccccc2)[C@@H](COCc2ccccc2)O[C@@H]1O. The number of ether oxygens (including phenoxy) is 9. The number of carbonyl (C=O) groups excluding carboxylic acids is 1. The minimum absolute atomic E-state index is 0.0334. The van der Waals surface area contributed by atoms with E-state index in [2.05, 4.69) is 5.32 Å². The Labute approximate surface area is 399 Å². The van der Waals surface area contributed by atoms with E-state index in [0.29, 0.717) is 13.2 Å². The average Bonchev–Trinajstić information content (AvgIpc) is 3.37. The minimum Gasteiger partial charge on any atom is -0.374 e. The van der Waals surface area contributed by atoms with Gasteiger partial charge in [-0.3, -0.25) is 4.79 Å². The molecule has 12 nitrogen and oxygen atoms in total. The number of aliphatic hydroxyl groups excluding tert-OH is 1. The van der Waals surface area contributed by atoms with Crippen LogP contribution in [0.4, 0.5) is 0 Å². The molecule has 2 aliphatic rings. The number of amides is 1. The first-order valence-corrected chi connectivity index (χ1v) is 23.2. The van der Waals surface area contributed by atoms with Crippen LogP contribution in [0.15, 0.2) is 182 Å². The Kier molecular flexibility index (Phi) is 18.4. The van der Waals surface area contributed by atoms with Gasteiger partial charge in [0.2, 0.25) is 5.91 Å². The van der Waals surface area contributed by atoms with E-state index in [1.54, 1.807) is 0 Å². The number of hydrogen-bond donors (Lipinski definition) is 2. The lowest BCUT2D eigenvalue weighted by molar-refractivity contribution is -0.360. The predicted octanol–water partition coefficient (Wildman–Crippen LogP) is 8.09. The summed E-state index contributed by atoms with van der Waals surface area (Å²) in [7, 11) is 0. The highest BCUT2D eigenvalue weighted by Crippen LogP contribution is 2.35. The fourth-order valence-electron chi connectivity index (χ4n) is 8.45. The van der Waals surface area contributed by atoms with Gasteiger partial charge in [-0.15, -0.1) is 0 Å². The number of aliphatic hydroxyl groups is 1. The van der Waals surface area contributed by atoms with Crippen LogP contribution in [0.1, 0.15) is 40.3 Å². The van der Waals surface area contributed by atoms with Crippen molar-refractivity contribution in [3.8, 4) is 0 Å². The van der Waals surface area contributed by atoms with Crippen molar-refractivity contribution in [3.63, 3.8) is 0 Å².